The van der Waals surface area contributed by atoms with Gasteiger partial charge in [-0.2, -0.15) is 0 Å². The Hall–Kier alpha value is -2.62. The van der Waals surface area contributed by atoms with Crippen molar-refractivity contribution in [3.8, 4) is 0 Å². The molecule has 1 fully saturated rings. The van der Waals surface area contributed by atoms with Crippen LogP contribution in [0.3, 0.4) is 0 Å². The largest absolute Gasteiger partial charge is 0.467 e. The van der Waals surface area contributed by atoms with Crippen molar-refractivity contribution in [1.29, 1.82) is 0 Å². The number of nitrogens with one attached hydrogen (secondary N) is 6. The van der Waals surface area contributed by atoms with Crippen LogP contribution in [0.25, 0.3) is 0 Å². The van der Waals surface area contributed by atoms with Crippen LogP contribution in [0.2, 0.25) is 0 Å². The second kappa shape index (κ2) is 22.9. The summed E-state index contributed by atoms with van der Waals surface area (Å²) in [6, 6.07) is -2.66. The summed E-state index contributed by atoms with van der Waals surface area (Å²) < 4.78 is 6.29. The first-order valence-corrected chi connectivity index (χ1v) is 16.6. The molecule has 1 radical (unpaired) electrons. The Morgan fingerprint density at radius 1 is 0.766 bits per heavy atom. The average molecular weight is 714 g/mol. The molecule has 0 saturated carbocycles. The molecule has 3 amide bonds. The average Bonchev–Trinajstić information content (AvgIpc) is 3.44. The Bertz CT molecular complexity index is 1070. The van der Waals surface area contributed by atoms with Crippen LogP contribution >= 0.6 is 0 Å². The Labute approximate surface area is 290 Å². The van der Waals surface area contributed by atoms with Crippen LogP contribution in [-0.4, -0.2) is 121 Å². The maximum absolute atomic E-state index is 13.4. The molecule has 1 saturated heterocycles. The minimum Gasteiger partial charge on any atom is -0.467 e. The van der Waals surface area contributed by atoms with Crippen LogP contribution in [0.4, 0.5) is 0 Å². The van der Waals surface area contributed by atoms with Gasteiger partial charge in [0.2, 0.25) is 17.7 Å². The fraction of sp³-hybridized carbons (Fsp3) is 0.806. The van der Waals surface area contributed by atoms with Crippen LogP contribution in [0.1, 0.15) is 60.1 Å². The Morgan fingerprint density at radius 2 is 1.30 bits per heavy atom. The summed E-state index contributed by atoms with van der Waals surface area (Å²) in [5.41, 5.74) is 0.765. The molecule has 1 aliphatic heterocycles. The number of hydrogen-bond donors (Lipinski definition) is 6. The van der Waals surface area contributed by atoms with Crippen molar-refractivity contribution in [3.05, 3.63) is 11.9 Å². The molecule has 16 heteroatoms. The van der Waals surface area contributed by atoms with Crippen molar-refractivity contribution >= 4 is 23.7 Å². The SMILES string of the molecule is COC(=O)[C@@H](NC(=O)[C@@H](NC(=O)[C@@H](NC(=O)Cn1cc(CN2CCCNCCNCCCNCC2)nn1)C(C)C)C(C)C)C(C)C.[Cu]. The van der Waals surface area contributed by atoms with Crippen molar-refractivity contribution in [2.45, 2.75) is 85.6 Å². The number of hydrogen-bond acceptors (Lipinski definition) is 11. The quantitative estimate of drug-likeness (QED) is 0.112. The molecule has 6 N–H and O–H groups in total. The van der Waals surface area contributed by atoms with Crippen molar-refractivity contribution in [2.75, 3.05) is 59.5 Å². The molecule has 15 nitrogen and oxygen atoms in total. The van der Waals surface area contributed by atoms with Gasteiger partial charge in [0.05, 0.1) is 19.0 Å². The van der Waals surface area contributed by atoms with E-state index in [4.69, 9.17) is 4.74 Å². The van der Waals surface area contributed by atoms with E-state index < -0.39 is 41.8 Å². The van der Waals surface area contributed by atoms with Crippen molar-refractivity contribution in [2.24, 2.45) is 17.8 Å². The third-order valence-electron chi connectivity index (χ3n) is 7.83. The van der Waals surface area contributed by atoms with Gasteiger partial charge < -0.3 is 36.6 Å². The first kappa shape index (κ1) is 42.4. The number of ether oxygens (including phenoxy) is 1. The second-order valence-corrected chi connectivity index (χ2v) is 12.9. The first-order chi connectivity index (χ1) is 21.9. The molecule has 1 aliphatic rings. The van der Waals surface area contributed by atoms with Crippen LogP contribution in [0, 0.1) is 17.8 Å². The fourth-order valence-corrected chi connectivity index (χ4v) is 5.09. The zero-order valence-corrected chi connectivity index (χ0v) is 30.1. The minimum atomic E-state index is -0.919. The van der Waals surface area contributed by atoms with E-state index in [1.807, 2.05) is 13.8 Å². The van der Waals surface area contributed by atoms with Crippen molar-refractivity contribution in [1.82, 2.24) is 51.8 Å². The summed E-state index contributed by atoms with van der Waals surface area (Å²) in [6.45, 7) is 18.8. The van der Waals surface area contributed by atoms with E-state index in [0.29, 0.717) is 6.54 Å². The van der Waals surface area contributed by atoms with E-state index in [2.05, 4.69) is 47.1 Å². The molecule has 2 rings (SSSR count). The van der Waals surface area contributed by atoms with Gasteiger partial charge in [0.15, 0.2) is 0 Å². The maximum atomic E-state index is 13.4. The van der Waals surface area contributed by atoms with Gasteiger partial charge in [-0.05, 0) is 56.8 Å². The number of amides is 3. The number of methoxy groups -OCH3 is 1. The smallest absolute Gasteiger partial charge is 0.328 e. The van der Waals surface area contributed by atoms with Gasteiger partial charge in [-0.1, -0.05) is 46.8 Å². The Kier molecular flexibility index (Phi) is 20.6. The molecule has 0 bridgehead atoms. The van der Waals surface area contributed by atoms with Gasteiger partial charge >= 0.3 is 5.97 Å². The van der Waals surface area contributed by atoms with Crippen LogP contribution in [0.15, 0.2) is 6.20 Å². The predicted molar refractivity (Wildman–Crippen MR) is 175 cm³/mol. The van der Waals surface area contributed by atoms with Gasteiger partial charge in [0, 0.05) is 49.8 Å². The zero-order valence-electron chi connectivity index (χ0n) is 29.2. The standard InChI is InChI=1S/C31H58N10O5.Cu/c1-21(2)26(29(43)36-27(22(3)4)30(44)37-28(23(5)6)31(45)46-7)35-25(42)20-41-19-24(38-39-41)18-40-16-9-12-33-14-13-32-10-8-11-34-15-17-40;/h19,21-23,26-28,32-34H,8-18,20H2,1-7H3,(H,35,42)(H,36,43)(H,37,44);/t26-,27-,28-;/m0./s1. The summed E-state index contributed by atoms with van der Waals surface area (Å²) >= 11 is 0. The Morgan fingerprint density at radius 3 is 1.87 bits per heavy atom. The first-order valence-electron chi connectivity index (χ1n) is 16.6. The van der Waals surface area contributed by atoms with E-state index in [0.717, 1.165) is 70.9 Å². The number of aromatic nitrogens is 3. The molecular weight excluding hydrogens is 656 g/mol. The monoisotopic (exact) mass is 713 g/mol. The summed E-state index contributed by atoms with van der Waals surface area (Å²) in [5.74, 6) is -2.69. The van der Waals surface area contributed by atoms with Gasteiger partial charge in [-0.25, -0.2) is 9.48 Å². The molecule has 0 aliphatic carbocycles. The minimum absolute atomic E-state index is 0. The van der Waals surface area contributed by atoms with Crippen LogP contribution < -0.4 is 31.9 Å². The number of carbonyl (C=O) groups is 4. The molecular formula is C31H58CuN10O5. The van der Waals surface area contributed by atoms with Gasteiger partial charge in [0.25, 0.3) is 0 Å². The topological polar surface area (TPSA) is 184 Å². The van der Waals surface area contributed by atoms with Gasteiger partial charge in [0.1, 0.15) is 24.7 Å². The third kappa shape index (κ3) is 15.9. The van der Waals surface area contributed by atoms with E-state index in [-0.39, 0.29) is 41.4 Å². The molecule has 1 aromatic heterocycles. The van der Waals surface area contributed by atoms with E-state index in [1.165, 1.54) is 11.8 Å². The molecule has 0 unspecified atom stereocenters. The number of rotatable bonds is 13. The maximum Gasteiger partial charge on any atom is 0.328 e. The second-order valence-electron chi connectivity index (χ2n) is 12.9. The molecule has 0 spiro atoms. The molecule has 47 heavy (non-hydrogen) atoms. The van der Waals surface area contributed by atoms with Crippen molar-refractivity contribution < 1.29 is 41.0 Å². The fourth-order valence-electron chi connectivity index (χ4n) is 5.09. The van der Waals surface area contributed by atoms with Gasteiger partial charge in [-0.15, -0.1) is 5.10 Å². The van der Waals surface area contributed by atoms with Gasteiger partial charge in [-0.3, -0.25) is 19.3 Å². The molecule has 273 valence electrons. The molecule has 0 aromatic carbocycles. The van der Waals surface area contributed by atoms with E-state index >= 15 is 0 Å². The Balaban J connectivity index is 0.0000110. The van der Waals surface area contributed by atoms with Crippen LogP contribution in [-0.2, 0) is 54.1 Å². The van der Waals surface area contributed by atoms with E-state index in [9.17, 15) is 19.2 Å². The summed E-state index contributed by atoms with van der Waals surface area (Å²) in [6.07, 6.45) is 3.86. The normalized spacial score (nSPS) is 17.6. The number of carbonyl (C=O) groups excluding carboxylic acids is 4. The summed E-state index contributed by atoms with van der Waals surface area (Å²) in [4.78, 5) is 54.0. The molecule has 2 heterocycles. The predicted octanol–water partition coefficient (Wildman–Crippen LogP) is -0.764. The number of esters is 1. The number of nitrogens with zero attached hydrogens (tertiary/aromatic N) is 4. The summed E-state index contributed by atoms with van der Waals surface area (Å²) in [7, 11) is 1.26. The van der Waals surface area contributed by atoms with Crippen LogP contribution in [0.5, 0.6) is 0 Å². The zero-order chi connectivity index (χ0) is 34.1. The van der Waals surface area contributed by atoms with Crippen molar-refractivity contribution in [3.63, 3.8) is 0 Å². The third-order valence-corrected chi connectivity index (χ3v) is 7.83. The van der Waals surface area contributed by atoms with E-state index in [1.54, 1.807) is 33.9 Å². The molecule has 1 aromatic rings. The molecule has 3 atom stereocenters. The summed E-state index contributed by atoms with van der Waals surface area (Å²) in [5, 5.41) is 27.1.